The van der Waals surface area contributed by atoms with E-state index in [-0.39, 0.29) is 0 Å². The van der Waals surface area contributed by atoms with Crippen molar-refractivity contribution in [1.29, 1.82) is 0 Å². The van der Waals surface area contributed by atoms with Gasteiger partial charge in [-0.1, -0.05) is 35.7 Å². The van der Waals surface area contributed by atoms with Gasteiger partial charge in [0.25, 0.3) is 0 Å². The maximum absolute atomic E-state index is 3.79. The molecule has 0 aromatic rings. The van der Waals surface area contributed by atoms with Gasteiger partial charge in [-0.25, -0.2) is 0 Å². The van der Waals surface area contributed by atoms with E-state index < -0.39 is 0 Å². The second-order valence-electron chi connectivity index (χ2n) is 1.74. The highest BCUT2D eigenvalue weighted by Crippen LogP contribution is 2.06. The number of alkyl halides is 1. The topological polar surface area (TPSA) is 0 Å². The average Bonchev–Trinajstić information content (AvgIpc) is 1.61. The highest BCUT2D eigenvalue weighted by Gasteiger charge is 1.90. The van der Waals surface area contributed by atoms with Gasteiger partial charge in [0.1, 0.15) is 0 Å². The van der Waals surface area contributed by atoms with E-state index in [9.17, 15) is 0 Å². The van der Waals surface area contributed by atoms with Gasteiger partial charge in [0.2, 0.25) is 0 Å². The molecule has 1 radical (unpaired) electrons. The van der Waals surface area contributed by atoms with Crippen molar-refractivity contribution in [2.75, 3.05) is 0 Å². The van der Waals surface area contributed by atoms with Crippen molar-refractivity contribution in [3.8, 4) is 0 Å². The van der Waals surface area contributed by atoms with Crippen LogP contribution in [-0.2, 0) is 0 Å². The van der Waals surface area contributed by atoms with Gasteiger partial charge in [-0.05, 0) is 13.3 Å². The third-order valence-corrected chi connectivity index (χ3v) is 1.33. The van der Waals surface area contributed by atoms with Gasteiger partial charge in [-0.2, -0.15) is 0 Å². The van der Waals surface area contributed by atoms with Gasteiger partial charge in [0.15, 0.2) is 0 Å². The monoisotopic (exact) mass is 163 g/mol. The van der Waals surface area contributed by atoms with Crippen LogP contribution in [0.4, 0.5) is 0 Å². The van der Waals surface area contributed by atoms with Crippen LogP contribution < -0.4 is 0 Å². The van der Waals surface area contributed by atoms with Gasteiger partial charge < -0.3 is 0 Å². The summed E-state index contributed by atoms with van der Waals surface area (Å²) in [7, 11) is 0. The normalized spacial score (nSPS) is 14.1. The molecule has 43 valence electrons. The lowest BCUT2D eigenvalue weighted by Gasteiger charge is -1.96. The summed E-state index contributed by atoms with van der Waals surface area (Å²) in [6, 6.07) is 0. The van der Waals surface area contributed by atoms with Crippen molar-refractivity contribution in [2.24, 2.45) is 0 Å². The van der Waals surface area contributed by atoms with Crippen molar-refractivity contribution < 1.29 is 0 Å². The maximum atomic E-state index is 3.79. The molecule has 1 unspecified atom stereocenters. The Hall–Kier alpha value is 0.480. The highest BCUT2D eigenvalue weighted by molar-refractivity contribution is 9.09. The molecule has 0 heterocycles. The molecule has 0 nitrogen and oxygen atoms in total. The Labute approximate surface area is 54.4 Å². The Morgan fingerprint density at radius 3 is 2.43 bits per heavy atom. The fourth-order valence-corrected chi connectivity index (χ4v) is 0.749. The van der Waals surface area contributed by atoms with E-state index in [0.717, 1.165) is 0 Å². The second-order valence-corrected chi connectivity index (χ2v) is 3.03. The van der Waals surface area contributed by atoms with E-state index in [4.69, 9.17) is 0 Å². The molecule has 0 bridgehead atoms. The second kappa shape index (κ2) is 4.63. The van der Waals surface area contributed by atoms with E-state index in [2.05, 4.69) is 29.8 Å². The summed E-state index contributed by atoms with van der Waals surface area (Å²) < 4.78 is 0. The van der Waals surface area contributed by atoms with Gasteiger partial charge in [-0.15, -0.1) is 0 Å². The zero-order valence-corrected chi connectivity index (χ0v) is 6.37. The lowest BCUT2D eigenvalue weighted by atomic mass is 10.2. The summed E-state index contributed by atoms with van der Waals surface area (Å²) in [6.07, 6.45) is 3.77. The van der Waals surface area contributed by atoms with E-state index in [1.807, 2.05) is 0 Å². The summed E-state index contributed by atoms with van der Waals surface area (Å²) in [5.74, 6) is 0. The quantitative estimate of drug-likeness (QED) is 0.562. The van der Waals surface area contributed by atoms with Crippen molar-refractivity contribution in [1.82, 2.24) is 0 Å². The largest absolute Gasteiger partial charge is 0.0891 e. The molecule has 0 aliphatic carbocycles. The summed E-state index contributed by atoms with van der Waals surface area (Å²) >= 11 is 3.36. The Kier molecular flexibility index (Phi) is 4.95. The first-order chi connectivity index (χ1) is 3.27. The van der Waals surface area contributed by atoms with Gasteiger partial charge in [0.05, 0.1) is 0 Å². The molecule has 0 fully saturated rings. The highest BCUT2D eigenvalue weighted by atomic mass is 79.9. The molecule has 0 amide bonds. The summed E-state index contributed by atoms with van der Waals surface area (Å²) in [5, 5.41) is 0. The van der Waals surface area contributed by atoms with Crippen molar-refractivity contribution in [3.63, 3.8) is 0 Å². The Bertz CT molecular complexity index is 33.2. The first-order valence-corrected chi connectivity index (χ1v) is 3.66. The molecule has 0 rings (SSSR count). The molecule has 7 heavy (non-hydrogen) atoms. The van der Waals surface area contributed by atoms with Crippen LogP contribution in [0.1, 0.15) is 26.2 Å². The molecule has 0 saturated heterocycles. The van der Waals surface area contributed by atoms with E-state index in [0.29, 0.717) is 4.83 Å². The predicted molar refractivity (Wildman–Crippen MR) is 37.6 cm³/mol. The molecule has 0 spiro atoms. The summed E-state index contributed by atoms with van der Waals surface area (Å²) in [5.41, 5.74) is 0. The molecule has 1 atom stereocenters. The van der Waals surface area contributed by atoms with Crippen LogP contribution in [0.5, 0.6) is 0 Å². The standard InChI is InChI=1S/C6H12Br/c1-3-4-5-6(2)7/h6H,2-5H2,1H3. The summed E-state index contributed by atoms with van der Waals surface area (Å²) in [6.45, 7) is 5.98. The molecular formula is C6H12Br. The minimum Gasteiger partial charge on any atom is -0.0891 e. The van der Waals surface area contributed by atoms with Crippen LogP contribution in [0, 0.1) is 6.92 Å². The zero-order valence-electron chi connectivity index (χ0n) is 4.78. The van der Waals surface area contributed by atoms with Crippen molar-refractivity contribution >= 4 is 15.9 Å². The fourth-order valence-electron chi connectivity index (χ4n) is 0.426. The van der Waals surface area contributed by atoms with E-state index >= 15 is 0 Å². The first-order valence-electron chi connectivity index (χ1n) is 2.74. The smallest absolute Gasteiger partial charge is 0.0146 e. The van der Waals surface area contributed by atoms with Gasteiger partial charge in [0, 0.05) is 4.83 Å². The SMILES string of the molecule is [CH2]C(Br)CCCC. The number of unbranched alkanes of at least 4 members (excludes halogenated alkanes) is 1. The third kappa shape index (κ3) is 6.48. The fraction of sp³-hybridized carbons (Fsp3) is 0.833. The Balaban J connectivity index is 2.68. The number of hydrogen-bond donors (Lipinski definition) is 0. The van der Waals surface area contributed by atoms with Crippen LogP contribution >= 0.6 is 15.9 Å². The number of hydrogen-bond acceptors (Lipinski definition) is 0. The molecule has 0 aromatic heterocycles. The zero-order chi connectivity index (χ0) is 5.70. The van der Waals surface area contributed by atoms with Gasteiger partial charge in [-0.3, -0.25) is 0 Å². The third-order valence-electron chi connectivity index (χ3n) is 0.871. The van der Waals surface area contributed by atoms with Crippen molar-refractivity contribution in [2.45, 2.75) is 31.0 Å². The molecule has 0 N–H and O–H groups in total. The molecule has 0 aliphatic rings. The number of rotatable bonds is 3. The molecule has 0 saturated carbocycles. The maximum Gasteiger partial charge on any atom is 0.0146 e. The van der Waals surface area contributed by atoms with Crippen LogP contribution in [0.3, 0.4) is 0 Å². The van der Waals surface area contributed by atoms with E-state index in [1.54, 1.807) is 0 Å². The van der Waals surface area contributed by atoms with Crippen molar-refractivity contribution in [3.05, 3.63) is 6.92 Å². The minimum atomic E-state index is 0.465. The number of halogens is 1. The predicted octanol–water partition coefficient (Wildman–Crippen LogP) is 2.77. The van der Waals surface area contributed by atoms with Crippen LogP contribution in [0.25, 0.3) is 0 Å². The molecular weight excluding hydrogens is 152 g/mol. The molecule has 1 heteroatoms. The first kappa shape index (κ1) is 7.48. The summed E-state index contributed by atoms with van der Waals surface area (Å²) in [4.78, 5) is 0.465. The lowest BCUT2D eigenvalue weighted by Crippen LogP contribution is -1.87. The molecule has 0 aromatic carbocycles. The average molecular weight is 164 g/mol. The van der Waals surface area contributed by atoms with Gasteiger partial charge >= 0.3 is 0 Å². The minimum absolute atomic E-state index is 0.465. The molecule has 0 aliphatic heterocycles. The van der Waals surface area contributed by atoms with E-state index in [1.165, 1.54) is 19.3 Å². The van der Waals surface area contributed by atoms with Crippen LogP contribution in [0.15, 0.2) is 0 Å². The Morgan fingerprint density at radius 1 is 1.71 bits per heavy atom. The Morgan fingerprint density at radius 2 is 2.29 bits per heavy atom. The van der Waals surface area contributed by atoms with Crippen LogP contribution in [0.2, 0.25) is 0 Å². The van der Waals surface area contributed by atoms with Crippen LogP contribution in [-0.4, -0.2) is 4.83 Å². The lowest BCUT2D eigenvalue weighted by molar-refractivity contribution is 0.742.